The molecule has 0 radical (unpaired) electrons. The van der Waals surface area contributed by atoms with Crippen molar-refractivity contribution in [1.82, 2.24) is 19.2 Å². The van der Waals surface area contributed by atoms with E-state index in [4.69, 9.17) is 4.74 Å². The number of rotatable bonds is 7. The molecule has 1 aliphatic heterocycles. The summed E-state index contributed by atoms with van der Waals surface area (Å²) in [6.45, 7) is 6.78. The van der Waals surface area contributed by atoms with Gasteiger partial charge in [0.25, 0.3) is 10.0 Å². The molecule has 1 aliphatic rings. The maximum absolute atomic E-state index is 12.8. The van der Waals surface area contributed by atoms with E-state index >= 15 is 0 Å². The van der Waals surface area contributed by atoms with Crippen LogP contribution in [-0.2, 0) is 28.4 Å². The van der Waals surface area contributed by atoms with Crippen LogP contribution in [0.3, 0.4) is 0 Å². The molecule has 1 saturated heterocycles. The van der Waals surface area contributed by atoms with Crippen molar-refractivity contribution in [3.05, 3.63) is 41.9 Å². The monoisotopic (exact) mass is 434 g/mol. The van der Waals surface area contributed by atoms with E-state index in [9.17, 15) is 13.2 Å². The number of nitrogens with zero attached hydrogens (tertiary/aromatic N) is 3. The fourth-order valence-electron chi connectivity index (χ4n) is 3.43. The van der Waals surface area contributed by atoms with E-state index in [1.807, 2.05) is 38.1 Å². The summed E-state index contributed by atoms with van der Waals surface area (Å²) >= 11 is 0. The number of imidazole rings is 1. The van der Waals surface area contributed by atoms with E-state index in [1.165, 1.54) is 10.5 Å². The van der Waals surface area contributed by atoms with Gasteiger partial charge in [0.15, 0.2) is 5.03 Å². The fourth-order valence-corrected chi connectivity index (χ4v) is 4.93. The standard InChI is InChI=1S/C21H30N4O4S/c1-15(2)29-19-7-5-17(6-8-19)13-22-21(26)18-9-11-25(12-10-18)30(27,28)20-14-24(4)16(3)23-20/h5-8,14-15,18H,9-13H2,1-4H3,(H,22,26). The summed E-state index contributed by atoms with van der Waals surface area (Å²) in [5.74, 6) is 1.22. The number of hydrogen-bond acceptors (Lipinski definition) is 5. The average Bonchev–Trinajstić information content (AvgIpc) is 3.06. The number of sulfonamides is 1. The van der Waals surface area contributed by atoms with Crippen LogP contribution in [0.5, 0.6) is 5.75 Å². The molecule has 0 unspecified atom stereocenters. The highest BCUT2D eigenvalue weighted by Gasteiger charge is 2.33. The van der Waals surface area contributed by atoms with Crippen molar-refractivity contribution in [3.8, 4) is 5.75 Å². The zero-order valence-corrected chi connectivity index (χ0v) is 18.8. The number of carbonyl (C=O) groups excluding carboxylic acids is 1. The second-order valence-corrected chi connectivity index (χ2v) is 9.83. The second kappa shape index (κ2) is 9.18. The van der Waals surface area contributed by atoms with Crippen molar-refractivity contribution in [1.29, 1.82) is 0 Å². The molecule has 2 heterocycles. The molecular weight excluding hydrogens is 404 g/mol. The van der Waals surface area contributed by atoms with Crippen LogP contribution in [0.4, 0.5) is 0 Å². The van der Waals surface area contributed by atoms with Crippen LogP contribution >= 0.6 is 0 Å². The number of aromatic nitrogens is 2. The first kappa shape index (κ1) is 22.3. The maximum Gasteiger partial charge on any atom is 0.262 e. The Hall–Kier alpha value is -2.39. The first-order valence-corrected chi connectivity index (χ1v) is 11.6. The Bertz CT molecular complexity index is 955. The minimum absolute atomic E-state index is 0.0387. The van der Waals surface area contributed by atoms with Crippen LogP contribution in [0, 0.1) is 12.8 Å². The summed E-state index contributed by atoms with van der Waals surface area (Å²) in [6, 6.07) is 7.65. The van der Waals surface area contributed by atoms with Gasteiger partial charge in [-0.3, -0.25) is 4.79 Å². The van der Waals surface area contributed by atoms with Crippen LogP contribution in [0.15, 0.2) is 35.5 Å². The number of amides is 1. The molecule has 2 aromatic rings. The zero-order valence-electron chi connectivity index (χ0n) is 18.0. The molecule has 3 rings (SSSR count). The van der Waals surface area contributed by atoms with Crippen molar-refractivity contribution in [2.45, 2.75) is 51.3 Å². The molecular formula is C21H30N4O4S. The lowest BCUT2D eigenvalue weighted by molar-refractivity contribution is -0.126. The lowest BCUT2D eigenvalue weighted by atomic mass is 9.97. The van der Waals surface area contributed by atoms with Gasteiger partial charge in [-0.05, 0) is 51.3 Å². The van der Waals surface area contributed by atoms with E-state index in [0.717, 1.165) is 11.3 Å². The highest BCUT2D eigenvalue weighted by molar-refractivity contribution is 7.89. The Balaban J connectivity index is 1.50. The van der Waals surface area contributed by atoms with Gasteiger partial charge in [0.2, 0.25) is 5.91 Å². The van der Waals surface area contributed by atoms with Crippen LogP contribution < -0.4 is 10.1 Å². The molecule has 9 heteroatoms. The summed E-state index contributed by atoms with van der Waals surface area (Å²) in [6.07, 6.45) is 2.64. The Morgan fingerprint density at radius 1 is 1.23 bits per heavy atom. The Morgan fingerprint density at radius 2 is 1.87 bits per heavy atom. The van der Waals surface area contributed by atoms with Crippen molar-refractivity contribution in [3.63, 3.8) is 0 Å². The van der Waals surface area contributed by atoms with Gasteiger partial charge >= 0.3 is 0 Å². The predicted molar refractivity (Wildman–Crippen MR) is 113 cm³/mol. The van der Waals surface area contributed by atoms with Gasteiger partial charge < -0.3 is 14.6 Å². The van der Waals surface area contributed by atoms with Gasteiger partial charge in [-0.25, -0.2) is 13.4 Å². The van der Waals surface area contributed by atoms with Crippen molar-refractivity contribution in [2.24, 2.45) is 13.0 Å². The Labute approximate surface area is 178 Å². The Morgan fingerprint density at radius 3 is 2.40 bits per heavy atom. The largest absolute Gasteiger partial charge is 0.491 e. The van der Waals surface area contributed by atoms with E-state index in [1.54, 1.807) is 18.5 Å². The molecule has 0 aliphatic carbocycles. The third-order valence-corrected chi connectivity index (χ3v) is 7.05. The van der Waals surface area contributed by atoms with E-state index in [0.29, 0.717) is 38.3 Å². The van der Waals surface area contributed by atoms with Gasteiger partial charge in [0.05, 0.1) is 6.10 Å². The van der Waals surface area contributed by atoms with Gasteiger partial charge in [-0.15, -0.1) is 0 Å². The molecule has 0 saturated carbocycles. The average molecular weight is 435 g/mol. The smallest absolute Gasteiger partial charge is 0.262 e. The number of ether oxygens (including phenoxy) is 1. The maximum atomic E-state index is 12.8. The minimum atomic E-state index is -3.62. The molecule has 164 valence electrons. The predicted octanol–water partition coefficient (Wildman–Crippen LogP) is 2.23. The van der Waals surface area contributed by atoms with Crippen molar-refractivity contribution >= 4 is 15.9 Å². The van der Waals surface area contributed by atoms with Crippen LogP contribution in [-0.4, -0.2) is 47.4 Å². The van der Waals surface area contributed by atoms with Crippen molar-refractivity contribution in [2.75, 3.05) is 13.1 Å². The van der Waals surface area contributed by atoms with E-state index < -0.39 is 10.0 Å². The number of nitrogens with one attached hydrogen (secondary N) is 1. The number of benzene rings is 1. The quantitative estimate of drug-likeness (QED) is 0.721. The lowest BCUT2D eigenvalue weighted by Crippen LogP contribution is -2.43. The van der Waals surface area contributed by atoms with Gasteiger partial charge in [0, 0.05) is 38.8 Å². The number of aryl methyl sites for hydroxylation is 2. The molecule has 0 atom stereocenters. The van der Waals surface area contributed by atoms with Gasteiger partial charge in [-0.2, -0.15) is 4.31 Å². The minimum Gasteiger partial charge on any atom is -0.491 e. The highest BCUT2D eigenvalue weighted by Crippen LogP contribution is 2.24. The zero-order chi connectivity index (χ0) is 21.9. The van der Waals surface area contributed by atoms with Crippen LogP contribution in [0.2, 0.25) is 0 Å². The number of hydrogen-bond donors (Lipinski definition) is 1. The molecule has 1 aromatic heterocycles. The fraction of sp³-hybridized carbons (Fsp3) is 0.524. The van der Waals surface area contributed by atoms with Crippen LogP contribution in [0.1, 0.15) is 38.1 Å². The molecule has 30 heavy (non-hydrogen) atoms. The third-order valence-electron chi connectivity index (χ3n) is 5.28. The summed E-state index contributed by atoms with van der Waals surface area (Å²) in [5, 5.41) is 3.03. The summed E-state index contributed by atoms with van der Waals surface area (Å²) in [5.41, 5.74) is 0.991. The molecule has 1 fully saturated rings. The SMILES string of the molecule is Cc1nc(S(=O)(=O)N2CCC(C(=O)NCc3ccc(OC(C)C)cc3)CC2)cn1C. The second-order valence-electron chi connectivity index (χ2n) is 7.94. The molecule has 1 N–H and O–H groups in total. The van der Waals surface area contributed by atoms with Gasteiger partial charge in [0.1, 0.15) is 11.6 Å². The topological polar surface area (TPSA) is 93.5 Å². The third kappa shape index (κ3) is 5.20. The Kier molecular flexibility index (Phi) is 6.82. The summed E-state index contributed by atoms with van der Waals surface area (Å²) < 4.78 is 34.3. The normalized spacial score (nSPS) is 16.0. The summed E-state index contributed by atoms with van der Waals surface area (Å²) in [7, 11) is -1.86. The van der Waals surface area contributed by atoms with E-state index in [-0.39, 0.29) is 23.0 Å². The van der Waals surface area contributed by atoms with Crippen LogP contribution in [0.25, 0.3) is 0 Å². The number of piperidine rings is 1. The molecule has 1 aromatic carbocycles. The first-order chi connectivity index (χ1) is 14.2. The van der Waals surface area contributed by atoms with Gasteiger partial charge in [-0.1, -0.05) is 12.1 Å². The molecule has 0 spiro atoms. The molecule has 8 nitrogen and oxygen atoms in total. The van der Waals surface area contributed by atoms with Crippen molar-refractivity contribution < 1.29 is 17.9 Å². The first-order valence-electron chi connectivity index (χ1n) is 10.2. The lowest BCUT2D eigenvalue weighted by Gasteiger charge is -2.29. The molecule has 1 amide bonds. The van der Waals surface area contributed by atoms with E-state index in [2.05, 4.69) is 10.3 Å². The molecule has 0 bridgehead atoms. The highest BCUT2D eigenvalue weighted by atomic mass is 32.2. The number of carbonyl (C=O) groups is 1. The summed E-state index contributed by atoms with van der Waals surface area (Å²) in [4.78, 5) is 16.7.